The summed E-state index contributed by atoms with van der Waals surface area (Å²) in [6, 6.07) is 4.71. The summed E-state index contributed by atoms with van der Waals surface area (Å²) in [5, 5.41) is 3.70. The molecule has 0 aliphatic rings. The smallest absolute Gasteiger partial charge is 0.225 e. The normalized spacial score (nSPS) is 13.2. The van der Waals surface area contributed by atoms with Gasteiger partial charge in [-0.1, -0.05) is 44.0 Å². The summed E-state index contributed by atoms with van der Waals surface area (Å²) >= 11 is 11.8. The predicted octanol–water partition coefficient (Wildman–Crippen LogP) is 3.70. The van der Waals surface area contributed by atoms with Crippen molar-refractivity contribution >= 4 is 34.8 Å². The van der Waals surface area contributed by atoms with E-state index in [4.69, 9.17) is 28.9 Å². The van der Waals surface area contributed by atoms with Gasteiger partial charge in [0.1, 0.15) is 0 Å². The second-order valence-electron chi connectivity index (χ2n) is 5.35. The standard InChI is InChI=1S/C13H18Cl2N2O/c1-13(2,3)11(16)7-12(18)17-10-6-8(14)4-5-9(10)15/h4-6,11H,7,16H2,1-3H3,(H,17,18). The van der Waals surface area contributed by atoms with Gasteiger partial charge in [0.25, 0.3) is 0 Å². The number of carbonyl (C=O) groups is 1. The van der Waals surface area contributed by atoms with Gasteiger partial charge in [0, 0.05) is 17.5 Å². The predicted molar refractivity (Wildman–Crippen MR) is 77.1 cm³/mol. The van der Waals surface area contributed by atoms with Crippen LogP contribution in [0.3, 0.4) is 0 Å². The van der Waals surface area contributed by atoms with E-state index < -0.39 is 0 Å². The molecule has 1 aromatic rings. The lowest BCUT2D eigenvalue weighted by molar-refractivity contribution is -0.117. The molecular weight excluding hydrogens is 271 g/mol. The lowest BCUT2D eigenvalue weighted by atomic mass is 9.85. The van der Waals surface area contributed by atoms with Crippen LogP contribution in [-0.4, -0.2) is 11.9 Å². The maximum Gasteiger partial charge on any atom is 0.225 e. The summed E-state index contributed by atoms with van der Waals surface area (Å²) < 4.78 is 0. The molecule has 1 amide bonds. The number of halogens is 2. The fraction of sp³-hybridized carbons (Fsp3) is 0.462. The number of benzene rings is 1. The van der Waals surface area contributed by atoms with E-state index in [2.05, 4.69) is 5.32 Å². The molecule has 1 rings (SSSR count). The summed E-state index contributed by atoms with van der Waals surface area (Å²) in [4.78, 5) is 11.8. The van der Waals surface area contributed by atoms with E-state index in [1.807, 2.05) is 20.8 Å². The van der Waals surface area contributed by atoms with Gasteiger partial charge in [0.2, 0.25) is 5.91 Å². The van der Waals surface area contributed by atoms with Crippen molar-refractivity contribution in [3.05, 3.63) is 28.2 Å². The number of nitrogens with two attached hydrogens (primary N) is 1. The average molecular weight is 289 g/mol. The highest BCUT2D eigenvalue weighted by Crippen LogP contribution is 2.26. The molecular formula is C13H18Cl2N2O. The van der Waals surface area contributed by atoms with Crippen molar-refractivity contribution in [1.29, 1.82) is 0 Å². The first-order chi connectivity index (χ1) is 8.20. The van der Waals surface area contributed by atoms with Crippen LogP contribution >= 0.6 is 23.2 Å². The van der Waals surface area contributed by atoms with Crippen LogP contribution < -0.4 is 11.1 Å². The number of hydrogen-bond donors (Lipinski definition) is 2. The number of amides is 1. The summed E-state index contributed by atoms with van der Waals surface area (Å²) in [6.07, 6.45) is 0.242. The molecule has 0 bridgehead atoms. The molecule has 0 fully saturated rings. The average Bonchev–Trinajstić information content (AvgIpc) is 2.22. The summed E-state index contributed by atoms with van der Waals surface area (Å²) in [7, 11) is 0. The topological polar surface area (TPSA) is 55.1 Å². The Hall–Kier alpha value is -0.770. The van der Waals surface area contributed by atoms with Crippen molar-refractivity contribution < 1.29 is 4.79 Å². The molecule has 1 atom stereocenters. The molecule has 0 radical (unpaired) electrons. The summed E-state index contributed by atoms with van der Waals surface area (Å²) in [5.74, 6) is -0.165. The minimum atomic E-state index is -0.213. The number of rotatable bonds is 3. The molecule has 0 heterocycles. The van der Waals surface area contributed by atoms with Crippen LogP contribution in [0.2, 0.25) is 10.0 Å². The number of hydrogen-bond acceptors (Lipinski definition) is 2. The minimum absolute atomic E-state index is 0.116. The van der Waals surface area contributed by atoms with Crippen LogP contribution in [0.15, 0.2) is 18.2 Å². The fourth-order valence-electron chi connectivity index (χ4n) is 1.30. The fourth-order valence-corrected chi connectivity index (χ4v) is 1.64. The highest BCUT2D eigenvalue weighted by Gasteiger charge is 2.23. The maximum atomic E-state index is 11.8. The Morgan fingerprint density at radius 3 is 2.56 bits per heavy atom. The first-order valence-electron chi connectivity index (χ1n) is 5.70. The van der Waals surface area contributed by atoms with E-state index in [1.165, 1.54) is 0 Å². The van der Waals surface area contributed by atoms with Crippen molar-refractivity contribution in [3.8, 4) is 0 Å². The molecule has 3 nitrogen and oxygen atoms in total. The third-order valence-corrected chi connectivity index (χ3v) is 3.28. The Morgan fingerprint density at radius 1 is 1.39 bits per heavy atom. The van der Waals surface area contributed by atoms with Gasteiger partial charge in [-0.15, -0.1) is 0 Å². The second-order valence-corrected chi connectivity index (χ2v) is 6.19. The Bertz CT molecular complexity index is 441. The molecule has 0 saturated carbocycles. The Kier molecular flexibility index (Phi) is 5.02. The van der Waals surface area contributed by atoms with Crippen molar-refractivity contribution in [3.63, 3.8) is 0 Å². The van der Waals surface area contributed by atoms with Gasteiger partial charge in [-0.25, -0.2) is 0 Å². The molecule has 18 heavy (non-hydrogen) atoms. The van der Waals surface area contributed by atoms with E-state index in [0.717, 1.165) is 0 Å². The SMILES string of the molecule is CC(C)(C)C(N)CC(=O)Nc1cc(Cl)ccc1Cl. The quantitative estimate of drug-likeness (QED) is 0.891. The van der Waals surface area contributed by atoms with Crippen LogP contribution in [0.25, 0.3) is 0 Å². The summed E-state index contributed by atoms with van der Waals surface area (Å²) in [6.45, 7) is 5.99. The van der Waals surface area contributed by atoms with Gasteiger partial charge in [-0.2, -0.15) is 0 Å². The molecule has 0 aliphatic carbocycles. The highest BCUT2D eigenvalue weighted by molar-refractivity contribution is 6.35. The zero-order valence-corrected chi connectivity index (χ0v) is 12.3. The number of carbonyl (C=O) groups excluding carboxylic acids is 1. The maximum absolute atomic E-state index is 11.8. The third-order valence-electron chi connectivity index (χ3n) is 2.72. The van der Waals surface area contributed by atoms with E-state index >= 15 is 0 Å². The zero-order chi connectivity index (χ0) is 13.9. The molecule has 0 spiro atoms. The van der Waals surface area contributed by atoms with Crippen molar-refractivity contribution in [1.82, 2.24) is 0 Å². The van der Waals surface area contributed by atoms with Gasteiger partial charge >= 0.3 is 0 Å². The third kappa shape index (κ3) is 4.48. The van der Waals surface area contributed by atoms with Crippen LogP contribution in [0.4, 0.5) is 5.69 Å². The molecule has 0 aliphatic heterocycles. The van der Waals surface area contributed by atoms with Crippen molar-refractivity contribution in [2.75, 3.05) is 5.32 Å². The van der Waals surface area contributed by atoms with Gasteiger partial charge in [-0.05, 0) is 23.6 Å². The molecule has 0 aromatic heterocycles. The molecule has 3 N–H and O–H groups in total. The van der Waals surface area contributed by atoms with E-state index in [-0.39, 0.29) is 23.8 Å². The summed E-state index contributed by atoms with van der Waals surface area (Å²) in [5.41, 5.74) is 6.35. The van der Waals surface area contributed by atoms with Crippen LogP contribution in [-0.2, 0) is 4.79 Å². The van der Waals surface area contributed by atoms with E-state index in [9.17, 15) is 4.79 Å². The molecule has 100 valence electrons. The first kappa shape index (κ1) is 15.3. The number of nitrogens with one attached hydrogen (secondary N) is 1. The van der Waals surface area contributed by atoms with Gasteiger partial charge in [-0.3, -0.25) is 4.79 Å². The van der Waals surface area contributed by atoms with E-state index in [1.54, 1.807) is 18.2 Å². The lowest BCUT2D eigenvalue weighted by Crippen LogP contribution is -2.38. The molecule has 1 unspecified atom stereocenters. The Labute approximate surface area is 118 Å². The van der Waals surface area contributed by atoms with Crippen LogP contribution in [0, 0.1) is 5.41 Å². The minimum Gasteiger partial charge on any atom is -0.327 e. The Morgan fingerprint density at radius 2 is 2.00 bits per heavy atom. The lowest BCUT2D eigenvalue weighted by Gasteiger charge is -2.26. The molecule has 1 aromatic carbocycles. The zero-order valence-electron chi connectivity index (χ0n) is 10.8. The second kappa shape index (κ2) is 5.91. The monoisotopic (exact) mass is 288 g/mol. The van der Waals surface area contributed by atoms with Crippen molar-refractivity contribution in [2.24, 2.45) is 11.1 Å². The van der Waals surface area contributed by atoms with Gasteiger partial charge in [0.15, 0.2) is 0 Å². The van der Waals surface area contributed by atoms with Gasteiger partial charge < -0.3 is 11.1 Å². The van der Waals surface area contributed by atoms with E-state index in [0.29, 0.717) is 15.7 Å². The van der Waals surface area contributed by atoms with Crippen molar-refractivity contribution in [2.45, 2.75) is 33.2 Å². The first-order valence-corrected chi connectivity index (χ1v) is 6.46. The highest BCUT2D eigenvalue weighted by atomic mass is 35.5. The Balaban J connectivity index is 2.68. The van der Waals surface area contributed by atoms with Crippen LogP contribution in [0.1, 0.15) is 27.2 Å². The largest absolute Gasteiger partial charge is 0.327 e. The molecule has 0 saturated heterocycles. The van der Waals surface area contributed by atoms with Crippen LogP contribution in [0.5, 0.6) is 0 Å². The number of anilines is 1. The molecule has 5 heteroatoms. The van der Waals surface area contributed by atoms with Gasteiger partial charge in [0.05, 0.1) is 10.7 Å².